The summed E-state index contributed by atoms with van der Waals surface area (Å²) in [5.41, 5.74) is 0. The molecule has 0 bridgehead atoms. The monoisotopic (exact) mass is 314 g/mol. The van der Waals surface area contributed by atoms with Crippen LogP contribution in [0.15, 0.2) is 6.20 Å². The Balaban J connectivity index is 1.81. The second-order valence-electron chi connectivity index (χ2n) is 5.77. The third kappa shape index (κ3) is 2.85. The molecule has 4 nitrogen and oxygen atoms in total. The van der Waals surface area contributed by atoms with E-state index in [-0.39, 0.29) is 6.04 Å². The van der Waals surface area contributed by atoms with Crippen LogP contribution < -0.4 is 0 Å². The second kappa shape index (κ2) is 6.00. The van der Waals surface area contributed by atoms with Crippen molar-refractivity contribution in [2.75, 3.05) is 0 Å². The van der Waals surface area contributed by atoms with E-state index in [1.54, 1.807) is 6.20 Å². The molecule has 0 radical (unpaired) electrons. The highest BCUT2D eigenvalue weighted by Crippen LogP contribution is 2.39. The maximum absolute atomic E-state index is 11.5. The predicted octanol–water partition coefficient (Wildman–Crippen LogP) is 3.40. The molecule has 1 aromatic heterocycles. The minimum Gasteiger partial charge on any atom is -0.480 e. The van der Waals surface area contributed by atoms with Crippen LogP contribution >= 0.6 is 22.9 Å². The first-order valence-electron chi connectivity index (χ1n) is 7.24. The van der Waals surface area contributed by atoms with E-state index in [0.717, 1.165) is 24.3 Å². The van der Waals surface area contributed by atoms with E-state index < -0.39 is 5.97 Å². The normalized spacial score (nSPS) is 30.9. The van der Waals surface area contributed by atoms with Crippen LogP contribution in [-0.4, -0.2) is 33.0 Å². The Morgan fingerprint density at radius 1 is 1.40 bits per heavy atom. The van der Waals surface area contributed by atoms with E-state index in [1.165, 1.54) is 30.6 Å². The van der Waals surface area contributed by atoms with Gasteiger partial charge in [-0.15, -0.1) is 11.3 Å². The minimum absolute atomic E-state index is 0.364. The summed E-state index contributed by atoms with van der Waals surface area (Å²) in [6, 6.07) is 0.0401. The molecule has 20 heavy (non-hydrogen) atoms. The molecule has 0 spiro atoms. The highest BCUT2D eigenvalue weighted by Gasteiger charge is 2.41. The maximum Gasteiger partial charge on any atom is 0.320 e. The fourth-order valence-electron chi connectivity index (χ4n) is 3.74. The van der Waals surface area contributed by atoms with Crippen molar-refractivity contribution in [1.29, 1.82) is 0 Å². The number of fused-ring (bicyclic) bond motifs is 1. The van der Waals surface area contributed by atoms with Crippen molar-refractivity contribution < 1.29 is 9.90 Å². The fourth-order valence-corrected chi connectivity index (χ4v) is 4.71. The van der Waals surface area contributed by atoms with Crippen molar-refractivity contribution in [3.63, 3.8) is 0 Å². The van der Waals surface area contributed by atoms with Crippen LogP contribution in [0.25, 0.3) is 0 Å². The number of carboxylic acids is 1. The zero-order valence-electron chi connectivity index (χ0n) is 11.3. The van der Waals surface area contributed by atoms with Crippen molar-refractivity contribution in [3.8, 4) is 0 Å². The highest BCUT2D eigenvalue weighted by molar-refractivity contribution is 7.15. The van der Waals surface area contributed by atoms with Crippen molar-refractivity contribution in [2.24, 2.45) is 5.92 Å². The number of carboxylic acid groups (broad SMARTS) is 1. The average Bonchev–Trinajstić information content (AvgIpc) is 2.84. The number of likely N-dealkylation sites (tertiary alicyclic amines) is 1. The molecule has 1 saturated carbocycles. The van der Waals surface area contributed by atoms with Gasteiger partial charge in [0.25, 0.3) is 0 Å². The summed E-state index contributed by atoms with van der Waals surface area (Å²) in [5.74, 6) is -0.0357. The van der Waals surface area contributed by atoms with E-state index in [0.29, 0.717) is 22.8 Å². The van der Waals surface area contributed by atoms with E-state index >= 15 is 0 Å². The van der Waals surface area contributed by atoms with Crippen molar-refractivity contribution in [3.05, 3.63) is 15.5 Å². The first-order valence-corrected chi connectivity index (χ1v) is 8.43. The maximum atomic E-state index is 11.5. The molecule has 0 aromatic carbocycles. The number of nitrogens with zero attached hydrogens (tertiary/aromatic N) is 2. The number of halogens is 1. The van der Waals surface area contributed by atoms with E-state index in [9.17, 15) is 9.90 Å². The van der Waals surface area contributed by atoms with Gasteiger partial charge >= 0.3 is 5.97 Å². The quantitative estimate of drug-likeness (QED) is 0.929. The summed E-state index contributed by atoms with van der Waals surface area (Å²) in [6.45, 7) is 0.621. The number of piperidine rings is 1. The van der Waals surface area contributed by atoms with Gasteiger partial charge in [0, 0.05) is 6.04 Å². The van der Waals surface area contributed by atoms with Gasteiger partial charge in [-0.2, -0.15) is 0 Å². The average molecular weight is 315 g/mol. The lowest BCUT2D eigenvalue weighted by molar-refractivity contribution is -0.148. The van der Waals surface area contributed by atoms with Crippen LogP contribution in [-0.2, 0) is 11.3 Å². The van der Waals surface area contributed by atoms with Crippen molar-refractivity contribution >= 4 is 28.9 Å². The molecule has 6 heteroatoms. The van der Waals surface area contributed by atoms with Gasteiger partial charge in [0.05, 0.1) is 12.7 Å². The van der Waals surface area contributed by atoms with Crippen molar-refractivity contribution in [2.45, 2.75) is 57.2 Å². The van der Waals surface area contributed by atoms with Gasteiger partial charge < -0.3 is 5.11 Å². The molecule has 2 fully saturated rings. The Morgan fingerprint density at radius 2 is 2.20 bits per heavy atom. The van der Waals surface area contributed by atoms with E-state index in [4.69, 9.17) is 11.6 Å². The molecule has 3 atom stereocenters. The molecule has 1 aliphatic carbocycles. The minimum atomic E-state index is -0.698. The molecule has 1 saturated heterocycles. The number of rotatable bonds is 3. The lowest BCUT2D eigenvalue weighted by atomic mass is 9.76. The number of thiazole rings is 1. The summed E-state index contributed by atoms with van der Waals surface area (Å²) in [4.78, 5) is 18.0. The Bertz CT molecular complexity index is 493. The van der Waals surface area contributed by atoms with Crippen LogP contribution in [0.2, 0.25) is 4.34 Å². The smallest absolute Gasteiger partial charge is 0.320 e. The molecule has 1 N–H and O–H groups in total. The molecular formula is C14H19ClN2O2S. The zero-order chi connectivity index (χ0) is 14.1. The first-order chi connectivity index (χ1) is 9.65. The van der Waals surface area contributed by atoms with E-state index in [1.807, 2.05) is 0 Å². The lowest BCUT2D eigenvalue weighted by Crippen LogP contribution is -2.54. The van der Waals surface area contributed by atoms with Gasteiger partial charge in [-0.1, -0.05) is 24.4 Å². The summed E-state index contributed by atoms with van der Waals surface area (Å²) in [7, 11) is 0. The molecule has 1 aromatic rings. The predicted molar refractivity (Wildman–Crippen MR) is 79.1 cm³/mol. The molecular weight excluding hydrogens is 296 g/mol. The molecule has 1 aliphatic heterocycles. The number of hydrogen-bond donors (Lipinski definition) is 1. The van der Waals surface area contributed by atoms with Gasteiger partial charge in [0.1, 0.15) is 15.4 Å². The molecule has 2 heterocycles. The Hall–Kier alpha value is -0.650. The van der Waals surface area contributed by atoms with Crippen LogP contribution in [0.3, 0.4) is 0 Å². The van der Waals surface area contributed by atoms with Gasteiger partial charge in [0.2, 0.25) is 0 Å². The number of hydrogen-bond acceptors (Lipinski definition) is 4. The molecule has 110 valence electrons. The zero-order valence-corrected chi connectivity index (χ0v) is 12.9. The molecule has 0 amide bonds. The third-order valence-corrected chi connectivity index (χ3v) is 5.73. The summed E-state index contributed by atoms with van der Waals surface area (Å²) >= 11 is 7.39. The van der Waals surface area contributed by atoms with Crippen LogP contribution in [0.1, 0.15) is 43.5 Å². The topological polar surface area (TPSA) is 53.4 Å². The van der Waals surface area contributed by atoms with Gasteiger partial charge in [-0.25, -0.2) is 4.98 Å². The van der Waals surface area contributed by atoms with Gasteiger partial charge in [-0.05, 0) is 31.6 Å². The number of aromatic nitrogens is 1. The fraction of sp³-hybridized carbons (Fsp3) is 0.714. The second-order valence-corrected chi connectivity index (χ2v) is 7.52. The Kier molecular flexibility index (Phi) is 4.29. The van der Waals surface area contributed by atoms with Crippen LogP contribution in [0.5, 0.6) is 0 Å². The summed E-state index contributed by atoms with van der Waals surface area (Å²) in [6.07, 6.45) is 8.32. The standard InChI is InChI=1S/C14H19ClN2O2S/c15-12-7-16-13(20-12)8-17-10-4-2-1-3-9(10)5-6-11(17)14(18)19/h7,9-11H,1-6,8H2,(H,18,19). The first kappa shape index (κ1) is 14.3. The summed E-state index contributed by atoms with van der Waals surface area (Å²) < 4.78 is 0.670. The Labute approximate surface area is 127 Å². The van der Waals surface area contributed by atoms with Gasteiger partial charge in [0.15, 0.2) is 0 Å². The van der Waals surface area contributed by atoms with Crippen LogP contribution in [0, 0.1) is 5.92 Å². The summed E-state index contributed by atoms with van der Waals surface area (Å²) in [5, 5.41) is 10.4. The van der Waals surface area contributed by atoms with E-state index in [2.05, 4.69) is 9.88 Å². The van der Waals surface area contributed by atoms with Gasteiger partial charge in [-0.3, -0.25) is 9.69 Å². The van der Waals surface area contributed by atoms with Crippen LogP contribution in [0.4, 0.5) is 0 Å². The molecule has 3 unspecified atom stereocenters. The number of aliphatic carboxylic acids is 1. The number of carbonyl (C=O) groups is 1. The lowest BCUT2D eigenvalue weighted by Gasteiger charge is -2.46. The highest BCUT2D eigenvalue weighted by atomic mass is 35.5. The Morgan fingerprint density at radius 3 is 2.90 bits per heavy atom. The molecule has 3 rings (SSSR count). The third-order valence-electron chi connectivity index (χ3n) is 4.63. The van der Waals surface area contributed by atoms with Crippen molar-refractivity contribution in [1.82, 2.24) is 9.88 Å². The SMILES string of the molecule is O=C(O)C1CCC2CCCCC2N1Cc1ncc(Cl)s1. The molecule has 2 aliphatic rings. The largest absolute Gasteiger partial charge is 0.480 e.